The third-order valence-electron chi connectivity index (χ3n) is 7.31. The van der Waals surface area contributed by atoms with E-state index in [1.807, 2.05) is 38.1 Å². The van der Waals surface area contributed by atoms with Gasteiger partial charge in [0, 0.05) is 19.0 Å². The van der Waals surface area contributed by atoms with Crippen LogP contribution in [0.2, 0.25) is 0 Å². The van der Waals surface area contributed by atoms with Crippen molar-refractivity contribution >= 4 is 18.0 Å². The number of carboxylic acids is 1. The molecule has 35 heavy (non-hydrogen) atoms. The molecular weight excluding hydrogens is 444 g/mol. The van der Waals surface area contributed by atoms with Crippen LogP contribution in [0.1, 0.15) is 57.1 Å². The van der Waals surface area contributed by atoms with Gasteiger partial charge in [-0.25, -0.2) is 9.59 Å². The van der Waals surface area contributed by atoms with Crippen LogP contribution in [0.4, 0.5) is 4.79 Å². The molecule has 1 aliphatic carbocycles. The minimum Gasteiger partial charge on any atom is -0.480 e. The van der Waals surface area contributed by atoms with Crippen molar-refractivity contribution < 1.29 is 24.2 Å². The highest BCUT2D eigenvalue weighted by molar-refractivity contribution is 5.89. The number of carbonyl (C=O) groups is 3. The summed E-state index contributed by atoms with van der Waals surface area (Å²) in [4.78, 5) is 39.3. The van der Waals surface area contributed by atoms with Gasteiger partial charge in [0.25, 0.3) is 0 Å². The summed E-state index contributed by atoms with van der Waals surface area (Å²) in [5.74, 6) is -1.54. The number of hydrogen-bond acceptors (Lipinski definition) is 4. The van der Waals surface area contributed by atoms with E-state index in [4.69, 9.17) is 4.74 Å². The van der Waals surface area contributed by atoms with E-state index in [-0.39, 0.29) is 30.9 Å². The largest absolute Gasteiger partial charge is 0.480 e. The fraction of sp³-hybridized carbons (Fsp3) is 0.464. The number of ether oxygens (including phenoxy) is 1. The molecule has 0 radical (unpaired) electrons. The van der Waals surface area contributed by atoms with Crippen LogP contribution in [0.25, 0.3) is 11.1 Å². The first-order valence-electron chi connectivity index (χ1n) is 12.4. The van der Waals surface area contributed by atoms with Crippen molar-refractivity contribution in [1.82, 2.24) is 10.2 Å². The summed E-state index contributed by atoms with van der Waals surface area (Å²) in [5, 5.41) is 12.5. The Balaban J connectivity index is 1.39. The summed E-state index contributed by atoms with van der Waals surface area (Å²) in [5.41, 5.74) is 3.39. The highest BCUT2D eigenvalue weighted by Gasteiger charge is 2.47. The molecule has 4 rings (SSSR count). The van der Waals surface area contributed by atoms with E-state index in [0.29, 0.717) is 25.8 Å². The van der Waals surface area contributed by atoms with Gasteiger partial charge in [-0.2, -0.15) is 0 Å². The lowest BCUT2D eigenvalue weighted by Gasteiger charge is -2.34. The van der Waals surface area contributed by atoms with Crippen molar-refractivity contribution in [3.8, 4) is 11.1 Å². The average Bonchev–Trinajstić information content (AvgIpc) is 3.39. The maximum atomic E-state index is 13.3. The van der Waals surface area contributed by atoms with Gasteiger partial charge in [0.1, 0.15) is 12.1 Å². The fourth-order valence-electron chi connectivity index (χ4n) is 5.46. The number of rotatable bonds is 8. The van der Waals surface area contributed by atoms with Gasteiger partial charge in [0.15, 0.2) is 0 Å². The fourth-order valence-corrected chi connectivity index (χ4v) is 5.46. The molecule has 7 nitrogen and oxygen atoms in total. The SMILES string of the molecule is CC(C)CC(CNC(=O)OCC1c2ccccc2-c2ccccc21)C(=O)N1CCC[C@]1(C)C(=O)O. The number of nitrogens with one attached hydrogen (secondary N) is 1. The summed E-state index contributed by atoms with van der Waals surface area (Å²) in [6, 6.07) is 16.3. The Bertz CT molecular complexity index is 1070. The summed E-state index contributed by atoms with van der Waals surface area (Å²) in [7, 11) is 0. The lowest BCUT2D eigenvalue weighted by Crippen LogP contribution is -2.54. The molecule has 2 aromatic rings. The normalized spacial score (nSPS) is 19.8. The third-order valence-corrected chi connectivity index (χ3v) is 7.31. The molecule has 1 saturated heterocycles. The van der Waals surface area contributed by atoms with Crippen LogP contribution < -0.4 is 5.32 Å². The van der Waals surface area contributed by atoms with Crippen LogP contribution >= 0.6 is 0 Å². The first-order chi connectivity index (χ1) is 16.7. The molecule has 0 saturated carbocycles. The molecule has 2 N–H and O–H groups in total. The van der Waals surface area contributed by atoms with Crippen LogP contribution in [0.3, 0.4) is 0 Å². The molecule has 2 aromatic carbocycles. The van der Waals surface area contributed by atoms with Crippen molar-refractivity contribution in [2.24, 2.45) is 11.8 Å². The van der Waals surface area contributed by atoms with E-state index in [1.165, 1.54) is 4.90 Å². The zero-order chi connectivity index (χ0) is 25.2. The zero-order valence-corrected chi connectivity index (χ0v) is 20.6. The average molecular weight is 479 g/mol. The highest BCUT2D eigenvalue weighted by Crippen LogP contribution is 2.44. The van der Waals surface area contributed by atoms with Gasteiger partial charge in [-0.3, -0.25) is 4.79 Å². The van der Waals surface area contributed by atoms with Gasteiger partial charge in [-0.15, -0.1) is 0 Å². The Hall–Kier alpha value is -3.35. The van der Waals surface area contributed by atoms with Crippen LogP contribution in [0.5, 0.6) is 0 Å². The number of aliphatic carboxylic acids is 1. The Morgan fingerprint density at radius 1 is 1.09 bits per heavy atom. The Morgan fingerprint density at radius 3 is 2.26 bits per heavy atom. The van der Waals surface area contributed by atoms with Gasteiger partial charge in [0.05, 0.1) is 5.92 Å². The van der Waals surface area contributed by atoms with Crippen molar-refractivity contribution in [3.63, 3.8) is 0 Å². The third kappa shape index (κ3) is 4.90. The maximum absolute atomic E-state index is 13.3. The molecule has 0 aromatic heterocycles. The molecule has 2 amide bonds. The molecule has 0 bridgehead atoms. The quantitative estimate of drug-likeness (QED) is 0.576. The molecule has 1 fully saturated rings. The van der Waals surface area contributed by atoms with Crippen LogP contribution in [-0.4, -0.2) is 53.2 Å². The van der Waals surface area contributed by atoms with E-state index in [0.717, 1.165) is 22.3 Å². The first kappa shape index (κ1) is 24.8. The number of carboxylic acid groups (broad SMARTS) is 1. The Morgan fingerprint density at radius 2 is 1.69 bits per heavy atom. The van der Waals surface area contributed by atoms with Gasteiger partial charge in [-0.1, -0.05) is 62.4 Å². The number of amides is 2. The predicted octanol–water partition coefficient (Wildman–Crippen LogP) is 4.65. The van der Waals surface area contributed by atoms with Crippen LogP contribution in [-0.2, 0) is 14.3 Å². The minimum atomic E-state index is -1.20. The second-order valence-electron chi connectivity index (χ2n) is 10.2. The van der Waals surface area contributed by atoms with E-state index in [9.17, 15) is 19.5 Å². The first-order valence-corrected chi connectivity index (χ1v) is 12.4. The number of benzene rings is 2. The number of likely N-dealkylation sites (tertiary alicyclic amines) is 1. The predicted molar refractivity (Wildman–Crippen MR) is 133 cm³/mol. The molecular formula is C28H34N2O5. The van der Waals surface area contributed by atoms with Crippen LogP contribution in [0.15, 0.2) is 48.5 Å². The van der Waals surface area contributed by atoms with Crippen molar-refractivity contribution in [2.75, 3.05) is 19.7 Å². The van der Waals surface area contributed by atoms with Gasteiger partial charge in [-0.05, 0) is 54.4 Å². The molecule has 1 heterocycles. The molecule has 0 spiro atoms. The summed E-state index contributed by atoms with van der Waals surface area (Å²) >= 11 is 0. The molecule has 1 aliphatic heterocycles. The summed E-state index contributed by atoms with van der Waals surface area (Å²) in [6.45, 7) is 6.35. The zero-order valence-electron chi connectivity index (χ0n) is 20.6. The van der Waals surface area contributed by atoms with Crippen molar-refractivity contribution in [1.29, 1.82) is 0 Å². The Kier molecular flexibility index (Phi) is 7.15. The molecule has 2 atom stereocenters. The standard InChI is InChI=1S/C28H34N2O5/c1-18(2)15-19(25(31)30-14-8-13-28(30,3)26(32)33)16-29-27(34)35-17-24-22-11-6-4-9-20(22)21-10-5-7-12-23(21)24/h4-7,9-12,18-19,24H,8,13-17H2,1-3H3,(H,29,34)(H,32,33)/t19?,28-/m1/s1. The molecule has 1 unspecified atom stereocenters. The van der Waals surface area contributed by atoms with Gasteiger partial charge < -0.3 is 20.1 Å². The maximum Gasteiger partial charge on any atom is 0.407 e. The summed E-state index contributed by atoms with van der Waals surface area (Å²) < 4.78 is 5.61. The van der Waals surface area contributed by atoms with Crippen LogP contribution in [0, 0.1) is 11.8 Å². The van der Waals surface area contributed by atoms with E-state index in [2.05, 4.69) is 29.6 Å². The second kappa shape index (κ2) is 10.1. The number of alkyl carbamates (subject to hydrolysis) is 1. The smallest absolute Gasteiger partial charge is 0.407 e. The highest BCUT2D eigenvalue weighted by atomic mass is 16.5. The molecule has 186 valence electrons. The van der Waals surface area contributed by atoms with Gasteiger partial charge in [0.2, 0.25) is 5.91 Å². The molecule has 7 heteroatoms. The number of hydrogen-bond donors (Lipinski definition) is 2. The summed E-state index contributed by atoms with van der Waals surface area (Å²) in [6.07, 6.45) is 1.07. The molecule has 2 aliphatic rings. The topological polar surface area (TPSA) is 95.9 Å². The van der Waals surface area contributed by atoms with E-state index >= 15 is 0 Å². The second-order valence-corrected chi connectivity index (χ2v) is 10.2. The van der Waals surface area contributed by atoms with Crippen molar-refractivity contribution in [3.05, 3.63) is 59.7 Å². The van der Waals surface area contributed by atoms with Crippen molar-refractivity contribution in [2.45, 2.75) is 51.5 Å². The van der Waals surface area contributed by atoms with E-state index < -0.39 is 23.5 Å². The number of fused-ring (bicyclic) bond motifs is 3. The van der Waals surface area contributed by atoms with E-state index in [1.54, 1.807) is 6.92 Å². The monoisotopic (exact) mass is 478 g/mol. The lowest BCUT2D eigenvalue weighted by atomic mass is 9.93. The Labute approximate surface area is 206 Å². The minimum absolute atomic E-state index is 0.0397. The number of carbonyl (C=O) groups excluding carboxylic acids is 2. The van der Waals surface area contributed by atoms with Gasteiger partial charge >= 0.3 is 12.1 Å². The number of nitrogens with zero attached hydrogens (tertiary/aromatic N) is 1. The lowest BCUT2D eigenvalue weighted by molar-refractivity contribution is -0.157.